The summed E-state index contributed by atoms with van der Waals surface area (Å²) in [4.78, 5) is 26.0. The molecule has 1 fully saturated rings. The van der Waals surface area contributed by atoms with Gasteiger partial charge in [-0.2, -0.15) is 0 Å². The molecular weight excluding hydrogens is 462 g/mol. The fourth-order valence-corrected chi connectivity index (χ4v) is 5.41. The molecule has 2 N–H and O–H groups in total. The average molecular weight is 486 g/mol. The van der Waals surface area contributed by atoms with E-state index in [-0.39, 0.29) is 27.8 Å². The van der Waals surface area contributed by atoms with Gasteiger partial charge in [0.1, 0.15) is 0 Å². The van der Waals surface area contributed by atoms with E-state index in [1.54, 1.807) is 12.1 Å². The molecule has 4 rings (SSSR count). The molecule has 2 aromatic carbocycles. The van der Waals surface area contributed by atoms with Crippen LogP contribution in [0.5, 0.6) is 0 Å². The SMILES string of the molecule is Cc1ccccc1C(=O)Nc1nnc(S(=O)(=O)NCc2ccc(CN3CCCC3=O)cc2)s1. The first-order valence-corrected chi connectivity index (χ1v) is 12.7. The van der Waals surface area contributed by atoms with Crippen LogP contribution in [0.4, 0.5) is 5.13 Å². The smallest absolute Gasteiger partial charge is 0.270 e. The summed E-state index contributed by atoms with van der Waals surface area (Å²) in [5.41, 5.74) is 3.04. The van der Waals surface area contributed by atoms with E-state index in [4.69, 9.17) is 0 Å². The van der Waals surface area contributed by atoms with Crippen molar-refractivity contribution in [1.29, 1.82) is 0 Å². The van der Waals surface area contributed by atoms with E-state index in [1.807, 2.05) is 48.2 Å². The summed E-state index contributed by atoms with van der Waals surface area (Å²) >= 11 is 0.782. The Morgan fingerprint density at radius 2 is 1.82 bits per heavy atom. The number of carbonyl (C=O) groups excluding carboxylic acids is 2. The highest BCUT2D eigenvalue weighted by Crippen LogP contribution is 2.21. The van der Waals surface area contributed by atoms with Crippen molar-refractivity contribution in [2.75, 3.05) is 11.9 Å². The van der Waals surface area contributed by atoms with Gasteiger partial charge in [0, 0.05) is 31.6 Å². The Morgan fingerprint density at radius 1 is 1.09 bits per heavy atom. The summed E-state index contributed by atoms with van der Waals surface area (Å²) in [7, 11) is -3.89. The van der Waals surface area contributed by atoms with Crippen molar-refractivity contribution < 1.29 is 18.0 Å². The van der Waals surface area contributed by atoms with Gasteiger partial charge in [0.05, 0.1) is 0 Å². The van der Waals surface area contributed by atoms with Crippen LogP contribution in [-0.2, 0) is 27.9 Å². The molecular formula is C22H23N5O4S2. The number of rotatable bonds is 8. The molecule has 11 heteroatoms. The molecule has 1 aliphatic heterocycles. The number of amides is 2. The van der Waals surface area contributed by atoms with Gasteiger partial charge < -0.3 is 4.90 Å². The van der Waals surface area contributed by atoms with Crippen LogP contribution in [0.2, 0.25) is 0 Å². The number of aromatic nitrogens is 2. The third-order valence-electron chi connectivity index (χ3n) is 5.28. The fourth-order valence-electron chi connectivity index (χ4n) is 3.46. The molecule has 0 spiro atoms. The first-order valence-electron chi connectivity index (χ1n) is 10.4. The van der Waals surface area contributed by atoms with E-state index in [9.17, 15) is 18.0 Å². The van der Waals surface area contributed by atoms with Crippen LogP contribution in [0, 0.1) is 6.92 Å². The summed E-state index contributed by atoms with van der Waals surface area (Å²) in [5.74, 6) is -0.213. The predicted molar refractivity (Wildman–Crippen MR) is 124 cm³/mol. The first kappa shape index (κ1) is 23.0. The van der Waals surface area contributed by atoms with Crippen LogP contribution in [0.1, 0.15) is 39.9 Å². The van der Waals surface area contributed by atoms with Crippen LogP contribution < -0.4 is 10.0 Å². The van der Waals surface area contributed by atoms with E-state index in [0.29, 0.717) is 18.5 Å². The van der Waals surface area contributed by atoms with Gasteiger partial charge >= 0.3 is 0 Å². The van der Waals surface area contributed by atoms with Crippen LogP contribution >= 0.6 is 11.3 Å². The molecule has 9 nitrogen and oxygen atoms in total. The normalized spacial score (nSPS) is 14.0. The molecule has 0 unspecified atom stereocenters. The van der Waals surface area contributed by atoms with Gasteiger partial charge in [-0.25, -0.2) is 13.1 Å². The molecule has 0 saturated carbocycles. The van der Waals surface area contributed by atoms with E-state index in [0.717, 1.165) is 41.0 Å². The maximum absolute atomic E-state index is 12.6. The van der Waals surface area contributed by atoms with Gasteiger partial charge in [0.2, 0.25) is 15.4 Å². The second-order valence-electron chi connectivity index (χ2n) is 7.70. The van der Waals surface area contributed by atoms with Crippen LogP contribution in [0.25, 0.3) is 0 Å². The number of hydrogen-bond donors (Lipinski definition) is 2. The minimum absolute atomic E-state index is 0.0791. The number of benzene rings is 2. The summed E-state index contributed by atoms with van der Waals surface area (Å²) in [6.07, 6.45) is 1.49. The molecule has 0 atom stereocenters. The number of hydrogen-bond acceptors (Lipinski definition) is 7. The Morgan fingerprint density at radius 3 is 2.52 bits per heavy atom. The lowest BCUT2D eigenvalue weighted by Gasteiger charge is -2.15. The monoisotopic (exact) mass is 485 g/mol. The van der Waals surface area contributed by atoms with E-state index < -0.39 is 10.0 Å². The third kappa shape index (κ3) is 5.62. The van der Waals surface area contributed by atoms with Crippen molar-refractivity contribution in [3.63, 3.8) is 0 Å². The molecule has 1 aliphatic rings. The molecule has 0 radical (unpaired) electrons. The lowest BCUT2D eigenvalue weighted by molar-refractivity contribution is -0.128. The summed E-state index contributed by atoms with van der Waals surface area (Å²) in [6, 6.07) is 14.5. The van der Waals surface area contributed by atoms with Crippen LogP contribution in [-0.4, -0.2) is 41.9 Å². The van der Waals surface area contributed by atoms with Crippen molar-refractivity contribution in [2.45, 2.75) is 37.2 Å². The zero-order chi connectivity index (χ0) is 23.4. The van der Waals surface area contributed by atoms with Gasteiger partial charge in [0.15, 0.2) is 0 Å². The number of nitrogens with zero attached hydrogens (tertiary/aromatic N) is 3. The molecule has 0 aliphatic carbocycles. The minimum atomic E-state index is -3.89. The molecule has 3 aromatic rings. The molecule has 0 bridgehead atoms. The number of nitrogens with one attached hydrogen (secondary N) is 2. The molecule has 1 saturated heterocycles. The summed E-state index contributed by atoms with van der Waals surface area (Å²) in [5, 5.41) is 10.2. The number of aryl methyl sites for hydroxylation is 1. The Balaban J connectivity index is 1.34. The maximum Gasteiger partial charge on any atom is 0.270 e. The molecule has 2 amide bonds. The second-order valence-corrected chi connectivity index (χ2v) is 10.6. The fraction of sp³-hybridized carbons (Fsp3) is 0.273. The van der Waals surface area contributed by atoms with E-state index >= 15 is 0 Å². The van der Waals surface area contributed by atoms with Gasteiger partial charge in [-0.1, -0.05) is 53.8 Å². The predicted octanol–water partition coefficient (Wildman–Crippen LogP) is 2.70. The zero-order valence-electron chi connectivity index (χ0n) is 17.9. The summed E-state index contributed by atoms with van der Waals surface area (Å²) in [6.45, 7) is 3.23. The Bertz CT molecular complexity index is 1270. The number of carbonyl (C=O) groups is 2. The second kappa shape index (κ2) is 9.77. The van der Waals surface area contributed by atoms with Crippen LogP contribution in [0.3, 0.4) is 0 Å². The Labute approximate surface area is 195 Å². The Hall–Kier alpha value is -3.15. The molecule has 1 aromatic heterocycles. The first-order chi connectivity index (χ1) is 15.8. The quantitative estimate of drug-likeness (QED) is 0.473. The number of likely N-dealkylation sites (tertiary alicyclic amines) is 1. The van der Waals surface area contributed by atoms with Crippen molar-refractivity contribution >= 4 is 38.3 Å². The minimum Gasteiger partial charge on any atom is -0.338 e. The highest BCUT2D eigenvalue weighted by atomic mass is 32.2. The number of anilines is 1. The van der Waals surface area contributed by atoms with Crippen molar-refractivity contribution in [1.82, 2.24) is 19.8 Å². The third-order valence-corrected chi connectivity index (χ3v) is 7.89. The molecule has 172 valence electrons. The van der Waals surface area contributed by atoms with Crippen molar-refractivity contribution in [3.8, 4) is 0 Å². The van der Waals surface area contributed by atoms with Crippen LogP contribution in [0.15, 0.2) is 52.9 Å². The highest BCUT2D eigenvalue weighted by molar-refractivity contribution is 7.91. The average Bonchev–Trinajstić information content (AvgIpc) is 3.43. The highest BCUT2D eigenvalue weighted by Gasteiger charge is 2.22. The zero-order valence-corrected chi connectivity index (χ0v) is 19.6. The number of sulfonamides is 1. The molecule has 2 heterocycles. The molecule has 33 heavy (non-hydrogen) atoms. The van der Waals surface area contributed by atoms with E-state index in [2.05, 4.69) is 20.2 Å². The van der Waals surface area contributed by atoms with Crippen molar-refractivity contribution in [3.05, 3.63) is 70.8 Å². The Kier molecular flexibility index (Phi) is 6.82. The largest absolute Gasteiger partial charge is 0.338 e. The summed E-state index contributed by atoms with van der Waals surface area (Å²) < 4.78 is 27.5. The van der Waals surface area contributed by atoms with Gasteiger partial charge in [-0.05, 0) is 36.1 Å². The van der Waals surface area contributed by atoms with Gasteiger partial charge in [-0.15, -0.1) is 10.2 Å². The topological polar surface area (TPSA) is 121 Å². The van der Waals surface area contributed by atoms with Gasteiger partial charge in [-0.3, -0.25) is 14.9 Å². The van der Waals surface area contributed by atoms with Crippen molar-refractivity contribution in [2.24, 2.45) is 0 Å². The van der Waals surface area contributed by atoms with Gasteiger partial charge in [0.25, 0.3) is 15.9 Å². The maximum atomic E-state index is 12.6. The lowest BCUT2D eigenvalue weighted by atomic mass is 10.1. The van der Waals surface area contributed by atoms with E-state index in [1.165, 1.54) is 0 Å². The standard InChI is InChI=1S/C22H23N5O4S2/c1-15-5-2-3-6-18(15)20(29)24-21-25-26-22(32-21)33(30,31)23-13-16-8-10-17(11-9-16)14-27-12-4-7-19(27)28/h2-3,5-6,8-11,23H,4,7,12-14H2,1H3,(H,24,25,29). The lowest BCUT2D eigenvalue weighted by Crippen LogP contribution is -2.24.